The van der Waals surface area contributed by atoms with Gasteiger partial charge in [-0.05, 0) is 30.7 Å². The number of halogens is 1. The molecule has 1 atom stereocenters. The van der Waals surface area contributed by atoms with E-state index in [1.165, 1.54) is 0 Å². The molecule has 1 N–H and O–H groups in total. The van der Waals surface area contributed by atoms with Crippen LogP contribution in [0.15, 0.2) is 12.1 Å². The summed E-state index contributed by atoms with van der Waals surface area (Å²) in [4.78, 5) is 0. The Kier molecular flexibility index (Phi) is 2.44. The molecule has 2 heterocycles. The number of ether oxygens (including phenoxy) is 2. The second kappa shape index (κ2) is 3.94. The average molecular weight is 223 g/mol. The lowest BCUT2D eigenvalue weighted by Crippen LogP contribution is -2.08. The molecule has 0 spiro atoms. The Balaban J connectivity index is 2.04. The average Bonchev–Trinajstić information content (AvgIpc) is 2.98. The van der Waals surface area contributed by atoms with E-state index >= 15 is 0 Å². The Morgan fingerprint density at radius 1 is 1.38 bits per heavy atom. The van der Waals surface area contributed by atoms with E-state index in [1.807, 2.05) is 6.07 Å². The molecule has 1 unspecified atom stereocenters. The summed E-state index contributed by atoms with van der Waals surface area (Å²) in [7, 11) is 0. The van der Waals surface area contributed by atoms with E-state index in [9.17, 15) is 4.39 Å². The normalized spacial score (nSPS) is 22.7. The first kappa shape index (κ1) is 9.90. The van der Waals surface area contributed by atoms with Crippen LogP contribution in [0.3, 0.4) is 0 Å². The molecule has 0 amide bonds. The molecule has 0 aliphatic carbocycles. The Bertz CT molecular complexity index is 402. The molecule has 0 bridgehead atoms. The van der Waals surface area contributed by atoms with Gasteiger partial charge in [0.15, 0.2) is 11.5 Å². The topological polar surface area (TPSA) is 30.5 Å². The SMILES string of the molecule is FCc1cc2c(c(C3CCNC3)c1)OCO2. The van der Waals surface area contributed by atoms with Crippen molar-refractivity contribution in [3.63, 3.8) is 0 Å². The zero-order valence-electron chi connectivity index (χ0n) is 8.96. The maximum absolute atomic E-state index is 12.7. The fourth-order valence-corrected chi connectivity index (χ4v) is 2.40. The summed E-state index contributed by atoms with van der Waals surface area (Å²) in [6, 6.07) is 3.64. The highest BCUT2D eigenvalue weighted by atomic mass is 19.1. The van der Waals surface area contributed by atoms with Gasteiger partial charge in [-0.2, -0.15) is 0 Å². The van der Waals surface area contributed by atoms with Crippen molar-refractivity contribution in [1.29, 1.82) is 0 Å². The zero-order valence-corrected chi connectivity index (χ0v) is 8.96. The molecule has 2 aliphatic rings. The largest absolute Gasteiger partial charge is 0.454 e. The number of nitrogens with one attached hydrogen (secondary N) is 1. The first-order chi connectivity index (χ1) is 7.88. The van der Waals surface area contributed by atoms with Gasteiger partial charge in [0.2, 0.25) is 6.79 Å². The van der Waals surface area contributed by atoms with Gasteiger partial charge in [0.05, 0.1) is 0 Å². The summed E-state index contributed by atoms with van der Waals surface area (Å²) in [5.41, 5.74) is 1.76. The minimum atomic E-state index is -0.455. The van der Waals surface area contributed by atoms with Crippen LogP contribution in [-0.2, 0) is 6.67 Å². The molecule has 86 valence electrons. The van der Waals surface area contributed by atoms with Crippen LogP contribution in [-0.4, -0.2) is 19.9 Å². The molecule has 1 fully saturated rings. The molecule has 4 heteroatoms. The van der Waals surface area contributed by atoms with Crippen LogP contribution in [0, 0.1) is 0 Å². The number of fused-ring (bicyclic) bond motifs is 1. The number of alkyl halides is 1. The highest BCUT2D eigenvalue weighted by Gasteiger charge is 2.26. The monoisotopic (exact) mass is 223 g/mol. The van der Waals surface area contributed by atoms with Crippen molar-refractivity contribution < 1.29 is 13.9 Å². The summed E-state index contributed by atoms with van der Waals surface area (Å²) < 4.78 is 23.5. The van der Waals surface area contributed by atoms with Crippen LogP contribution in [0.2, 0.25) is 0 Å². The third-order valence-corrected chi connectivity index (χ3v) is 3.22. The predicted molar refractivity (Wildman–Crippen MR) is 57.6 cm³/mol. The van der Waals surface area contributed by atoms with Crippen LogP contribution < -0.4 is 14.8 Å². The molecule has 0 saturated carbocycles. The van der Waals surface area contributed by atoms with E-state index < -0.39 is 6.67 Å². The van der Waals surface area contributed by atoms with E-state index in [1.54, 1.807) is 6.07 Å². The van der Waals surface area contributed by atoms with Gasteiger partial charge >= 0.3 is 0 Å². The first-order valence-electron chi connectivity index (χ1n) is 5.57. The van der Waals surface area contributed by atoms with Crippen molar-refractivity contribution in [2.75, 3.05) is 19.9 Å². The van der Waals surface area contributed by atoms with E-state index in [0.29, 0.717) is 17.2 Å². The standard InChI is InChI=1S/C12H14FNO2/c13-5-8-3-10(9-1-2-14-6-9)12-11(4-8)15-7-16-12/h3-4,9,14H,1-2,5-7H2. The number of benzene rings is 1. The molecular formula is C12H14FNO2. The Morgan fingerprint density at radius 3 is 3.06 bits per heavy atom. The molecule has 3 nitrogen and oxygen atoms in total. The van der Waals surface area contributed by atoms with Crippen LogP contribution in [0.4, 0.5) is 4.39 Å². The summed E-state index contributed by atoms with van der Waals surface area (Å²) >= 11 is 0. The van der Waals surface area contributed by atoms with Gasteiger partial charge in [-0.15, -0.1) is 0 Å². The third-order valence-electron chi connectivity index (χ3n) is 3.22. The van der Waals surface area contributed by atoms with Crippen molar-refractivity contribution in [2.24, 2.45) is 0 Å². The van der Waals surface area contributed by atoms with Crippen molar-refractivity contribution in [1.82, 2.24) is 5.32 Å². The maximum atomic E-state index is 12.7. The zero-order chi connectivity index (χ0) is 11.0. The van der Waals surface area contributed by atoms with Crippen LogP contribution in [0.25, 0.3) is 0 Å². The quantitative estimate of drug-likeness (QED) is 0.831. The maximum Gasteiger partial charge on any atom is 0.231 e. The van der Waals surface area contributed by atoms with Gasteiger partial charge in [0.25, 0.3) is 0 Å². The lowest BCUT2D eigenvalue weighted by Gasteiger charge is -2.13. The van der Waals surface area contributed by atoms with Crippen LogP contribution in [0.1, 0.15) is 23.5 Å². The molecule has 2 aliphatic heterocycles. The highest BCUT2D eigenvalue weighted by molar-refractivity contribution is 5.52. The summed E-state index contributed by atoms with van der Waals surface area (Å²) in [5, 5.41) is 3.31. The Morgan fingerprint density at radius 2 is 2.31 bits per heavy atom. The smallest absolute Gasteiger partial charge is 0.231 e. The van der Waals surface area contributed by atoms with E-state index in [2.05, 4.69) is 5.32 Å². The fourth-order valence-electron chi connectivity index (χ4n) is 2.40. The second-order valence-corrected chi connectivity index (χ2v) is 4.24. The van der Waals surface area contributed by atoms with Gasteiger partial charge < -0.3 is 14.8 Å². The van der Waals surface area contributed by atoms with Gasteiger partial charge in [-0.3, -0.25) is 0 Å². The third kappa shape index (κ3) is 1.53. The molecule has 1 aromatic rings. The fraction of sp³-hybridized carbons (Fsp3) is 0.500. The van der Waals surface area contributed by atoms with E-state index in [0.717, 1.165) is 30.8 Å². The molecule has 1 saturated heterocycles. The van der Waals surface area contributed by atoms with Crippen molar-refractivity contribution in [2.45, 2.75) is 19.0 Å². The predicted octanol–water partition coefficient (Wildman–Crippen LogP) is 1.96. The molecule has 16 heavy (non-hydrogen) atoms. The van der Waals surface area contributed by atoms with Gasteiger partial charge in [-0.1, -0.05) is 0 Å². The Hall–Kier alpha value is -1.29. The van der Waals surface area contributed by atoms with Crippen molar-refractivity contribution in [3.8, 4) is 11.5 Å². The summed E-state index contributed by atoms with van der Waals surface area (Å²) in [5.74, 6) is 1.92. The lowest BCUT2D eigenvalue weighted by molar-refractivity contribution is 0.173. The summed E-state index contributed by atoms with van der Waals surface area (Å²) in [6.45, 7) is 1.74. The van der Waals surface area contributed by atoms with Gasteiger partial charge in [0.1, 0.15) is 6.67 Å². The molecule has 0 radical (unpaired) electrons. The molecule has 0 aromatic heterocycles. The van der Waals surface area contributed by atoms with Crippen molar-refractivity contribution in [3.05, 3.63) is 23.3 Å². The number of rotatable bonds is 2. The van der Waals surface area contributed by atoms with E-state index in [-0.39, 0.29) is 6.79 Å². The minimum absolute atomic E-state index is 0.248. The highest BCUT2D eigenvalue weighted by Crippen LogP contribution is 2.42. The first-order valence-corrected chi connectivity index (χ1v) is 5.57. The molecular weight excluding hydrogens is 209 g/mol. The number of hydrogen-bond donors (Lipinski definition) is 1. The van der Waals surface area contributed by atoms with Gasteiger partial charge in [-0.25, -0.2) is 4.39 Å². The van der Waals surface area contributed by atoms with Gasteiger partial charge in [0, 0.05) is 18.0 Å². The minimum Gasteiger partial charge on any atom is -0.454 e. The van der Waals surface area contributed by atoms with Crippen molar-refractivity contribution >= 4 is 0 Å². The lowest BCUT2D eigenvalue weighted by atomic mass is 9.95. The van der Waals surface area contributed by atoms with Crippen LogP contribution >= 0.6 is 0 Å². The van der Waals surface area contributed by atoms with Crippen LogP contribution in [0.5, 0.6) is 11.5 Å². The second-order valence-electron chi connectivity index (χ2n) is 4.24. The molecule has 1 aromatic carbocycles. The van der Waals surface area contributed by atoms with E-state index in [4.69, 9.17) is 9.47 Å². The number of hydrogen-bond acceptors (Lipinski definition) is 3. The molecule has 3 rings (SSSR count). The Labute approximate surface area is 93.6 Å². The summed E-state index contributed by atoms with van der Waals surface area (Å²) in [6.07, 6.45) is 1.07.